The number of rotatable bonds is 5. The van der Waals surface area contributed by atoms with Crippen molar-refractivity contribution < 1.29 is 9.90 Å². The third-order valence-corrected chi connectivity index (χ3v) is 3.68. The maximum absolute atomic E-state index is 12.5. The minimum atomic E-state index is -0.859. The van der Waals surface area contributed by atoms with Crippen LogP contribution in [0, 0.1) is 11.3 Å². The normalized spacial score (nSPS) is 11.8. The molecular formula is C17H15N5O2. The van der Waals surface area contributed by atoms with Gasteiger partial charge in [0.15, 0.2) is 0 Å². The summed E-state index contributed by atoms with van der Waals surface area (Å²) in [4.78, 5) is 20.7. The predicted octanol–water partition coefficient (Wildman–Crippen LogP) is 1.67. The van der Waals surface area contributed by atoms with E-state index in [0.29, 0.717) is 11.4 Å². The summed E-state index contributed by atoms with van der Waals surface area (Å²) in [6, 6.07) is 10.6. The molecule has 0 fully saturated rings. The van der Waals surface area contributed by atoms with Gasteiger partial charge in [0.05, 0.1) is 48.5 Å². The second kappa shape index (κ2) is 6.89. The average Bonchev–Trinajstić information content (AvgIpc) is 3.04. The van der Waals surface area contributed by atoms with Crippen LogP contribution in [0.5, 0.6) is 0 Å². The molecule has 7 heteroatoms. The number of nitriles is 1. The van der Waals surface area contributed by atoms with Crippen LogP contribution in [-0.2, 0) is 11.2 Å². The highest BCUT2D eigenvalue weighted by Gasteiger charge is 2.22. The number of aliphatic hydroxyl groups excluding tert-OH is 1. The first-order valence-electron chi connectivity index (χ1n) is 7.37. The van der Waals surface area contributed by atoms with E-state index < -0.39 is 18.6 Å². The zero-order valence-electron chi connectivity index (χ0n) is 12.8. The number of fused-ring (bicyclic) bond motifs is 1. The first-order valence-corrected chi connectivity index (χ1v) is 7.37. The lowest BCUT2D eigenvalue weighted by atomic mass is 10.2. The van der Waals surface area contributed by atoms with E-state index in [9.17, 15) is 9.90 Å². The van der Waals surface area contributed by atoms with Crippen LogP contribution in [0.15, 0.2) is 49.1 Å². The zero-order valence-corrected chi connectivity index (χ0v) is 12.8. The number of carbonyl (C=O) groups excluding carboxylic acids is 1. The van der Waals surface area contributed by atoms with Gasteiger partial charge in [-0.25, -0.2) is 4.98 Å². The highest BCUT2D eigenvalue weighted by Crippen LogP contribution is 2.18. The Balaban J connectivity index is 1.83. The molecule has 0 aliphatic heterocycles. The third kappa shape index (κ3) is 3.09. The lowest BCUT2D eigenvalue weighted by molar-refractivity contribution is -0.120. The van der Waals surface area contributed by atoms with Gasteiger partial charge in [0.2, 0.25) is 5.91 Å². The summed E-state index contributed by atoms with van der Waals surface area (Å²) < 4.78 is 1.51. The fourth-order valence-corrected chi connectivity index (χ4v) is 2.49. The summed E-state index contributed by atoms with van der Waals surface area (Å²) in [6.07, 6.45) is 4.63. The topological polar surface area (TPSA) is 104 Å². The highest BCUT2D eigenvalue weighted by molar-refractivity contribution is 5.95. The number of hydrogen-bond donors (Lipinski definition) is 2. The maximum Gasteiger partial charge on any atom is 0.249 e. The zero-order chi connectivity index (χ0) is 16.9. The van der Waals surface area contributed by atoms with Crippen LogP contribution in [0.1, 0.15) is 11.7 Å². The number of hydrogen-bond acceptors (Lipinski definition) is 5. The Kier molecular flexibility index (Phi) is 4.50. The van der Waals surface area contributed by atoms with Crippen molar-refractivity contribution in [1.29, 1.82) is 5.26 Å². The number of benzene rings is 1. The molecule has 0 aliphatic rings. The van der Waals surface area contributed by atoms with Gasteiger partial charge in [-0.1, -0.05) is 18.2 Å². The van der Waals surface area contributed by atoms with Crippen molar-refractivity contribution >= 4 is 22.5 Å². The molecule has 1 unspecified atom stereocenters. The van der Waals surface area contributed by atoms with Gasteiger partial charge in [-0.3, -0.25) is 9.78 Å². The molecule has 3 rings (SSSR count). The van der Waals surface area contributed by atoms with E-state index in [1.807, 2.05) is 36.4 Å². The number of nitrogens with zero attached hydrogens (tertiary/aromatic N) is 4. The molecule has 120 valence electrons. The molecule has 1 amide bonds. The predicted molar refractivity (Wildman–Crippen MR) is 88.0 cm³/mol. The number of aromatic nitrogens is 3. The quantitative estimate of drug-likeness (QED) is 0.744. The van der Waals surface area contributed by atoms with E-state index in [1.165, 1.54) is 17.1 Å². The summed E-state index contributed by atoms with van der Waals surface area (Å²) in [7, 11) is 0. The summed E-state index contributed by atoms with van der Waals surface area (Å²) in [5, 5.41) is 22.1. The molecule has 2 aromatic heterocycles. The molecule has 1 atom stereocenters. The molecule has 0 aliphatic carbocycles. The molecule has 0 bridgehead atoms. The van der Waals surface area contributed by atoms with E-state index in [1.54, 1.807) is 6.20 Å². The molecule has 0 saturated carbocycles. The Labute approximate surface area is 138 Å². The fourth-order valence-electron chi connectivity index (χ4n) is 2.49. The smallest absolute Gasteiger partial charge is 0.249 e. The van der Waals surface area contributed by atoms with Crippen molar-refractivity contribution in [3.05, 3.63) is 54.7 Å². The molecule has 1 aromatic carbocycles. The largest absolute Gasteiger partial charge is 0.394 e. The molecule has 0 radical (unpaired) electrons. The van der Waals surface area contributed by atoms with Gasteiger partial charge in [0.1, 0.15) is 6.04 Å². The van der Waals surface area contributed by atoms with Gasteiger partial charge >= 0.3 is 0 Å². The SMILES string of the molecule is N#CCc1cncn1C(CO)C(=O)Nc1cnc2ccccc2c1. The van der Waals surface area contributed by atoms with Gasteiger partial charge in [-0.15, -0.1) is 0 Å². The van der Waals surface area contributed by atoms with Crippen molar-refractivity contribution in [2.75, 3.05) is 11.9 Å². The number of pyridine rings is 1. The summed E-state index contributed by atoms with van der Waals surface area (Å²) in [5.41, 5.74) is 1.95. The lowest BCUT2D eigenvalue weighted by Gasteiger charge is -2.17. The molecular weight excluding hydrogens is 306 g/mol. The second-order valence-corrected chi connectivity index (χ2v) is 5.23. The standard InChI is InChI=1S/C17H15N5O2/c18-6-5-14-9-19-11-22(14)16(10-23)17(24)21-13-7-12-3-1-2-4-15(12)20-8-13/h1-4,7-9,11,16,23H,5,10H2,(H,21,24). The highest BCUT2D eigenvalue weighted by atomic mass is 16.3. The van der Waals surface area contributed by atoms with E-state index in [4.69, 9.17) is 5.26 Å². The van der Waals surface area contributed by atoms with Crippen LogP contribution < -0.4 is 5.32 Å². The van der Waals surface area contributed by atoms with Crippen LogP contribution in [-0.4, -0.2) is 32.2 Å². The molecule has 24 heavy (non-hydrogen) atoms. The van der Waals surface area contributed by atoms with Gasteiger partial charge in [0.25, 0.3) is 0 Å². The minimum Gasteiger partial charge on any atom is -0.394 e. The third-order valence-electron chi connectivity index (χ3n) is 3.68. The van der Waals surface area contributed by atoms with E-state index in [2.05, 4.69) is 15.3 Å². The Morgan fingerprint density at radius 3 is 3.00 bits per heavy atom. The van der Waals surface area contributed by atoms with Crippen molar-refractivity contribution in [2.24, 2.45) is 0 Å². The fraction of sp³-hybridized carbons (Fsp3) is 0.176. The van der Waals surface area contributed by atoms with E-state index in [0.717, 1.165) is 10.9 Å². The van der Waals surface area contributed by atoms with Gasteiger partial charge < -0.3 is 15.0 Å². The van der Waals surface area contributed by atoms with Crippen molar-refractivity contribution in [1.82, 2.24) is 14.5 Å². The number of imidazole rings is 1. The number of amides is 1. The maximum atomic E-state index is 12.5. The van der Waals surface area contributed by atoms with Crippen LogP contribution >= 0.6 is 0 Å². The Bertz CT molecular complexity index is 912. The lowest BCUT2D eigenvalue weighted by Crippen LogP contribution is -2.29. The van der Waals surface area contributed by atoms with Crippen LogP contribution in [0.2, 0.25) is 0 Å². The summed E-state index contributed by atoms with van der Waals surface area (Å²) in [6.45, 7) is -0.401. The Morgan fingerprint density at radius 1 is 1.38 bits per heavy atom. The molecule has 3 aromatic rings. The first-order chi connectivity index (χ1) is 11.7. The van der Waals surface area contributed by atoms with Crippen LogP contribution in [0.3, 0.4) is 0 Å². The van der Waals surface area contributed by atoms with Gasteiger partial charge in [0, 0.05) is 11.6 Å². The van der Waals surface area contributed by atoms with Crippen LogP contribution in [0.4, 0.5) is 5.69 Å². The Morgan fingerprint density at radius 2 is 2.21 bits per heavy atom. The molecule has 7 nitrogen and oxygen atoms in total. The van der Waals surface area contributed by atoms with Gasteiger partial charge in [-0.05, 0) is 12.1 Å². The summed E-state index contributed by atoms with van der Waals surface area (Å²) >= 11 is 0. The van der Waals surface area contributed by atoms with Crippen LogP contribution in [0.25, 0.3) is 10.9 Å². The molecule has 0 spiro atoms. The van der Waals surface area contributed by atoms with Crippen molar-refractivity contribution in [2.45, 2.75) is 12.5 Å². The minimum absolute atomic E-state index is 0.112. The average molecular weight is 321 g/mol. The van der Waals surface area contributed by atoms with E-state index in [-0.39, 0.29) is 6.42 Å². The van der Waals surface area contributed by atoms with Crippen molar-refractivity contribution in [3.8, 4) is 6.07 Å². The monoisotopic (exact) mass is 321 g/mol. The molecule has 2 heterocycles. The number of nitrogens with one attached hydrogen (secondary N) is 1. The van der Waals surface area contributed by atoms with E-state index >= 15 is 0 Å². The molecule has 0 saturated heterocycles. The summed E-state index contributed by atoms with van der Waals surface area (Å²) in [5.74, 6) is -0.397. The second-order valence-electron chi connectivity index (χ2n) is 5.23. The first kappa shape index (κ1) is 15.6. The Hall–Kier alpha value is -3.24. The van der Waals surface area contributed by atoms with Gasteiger partial charge in [-0.2, -0.15) is 5.26 Å². The van der Waals surface area contributed by atoms with Crippen molar-refractivity contribution in [3.63, 3.8) is 0 Å². The number of aliphatic hydroxyl groups is 1. The number of carbonyl (C=O) groups is 1. The number of para-hydroxylation sites is 1. The molecule has 2 N–H and O–H groups in total. The number of anilines is 1.